The second-order valence-electron chi connectivity index (χ2n) is 4.70. The summed E-state index contributed by atoms with van der Waals surface area (Å²) in [6, 6.07) is 6.94. The van der Waals surface area contributed by atoms with Crippen LogP contribution in [0.4, 0.5) is 0 Å². The molecule has 1 heterocycles. The van der Waals surface area contributed by atoms with Gasteiger partial charge in [-0.25, -0.2) is 0 Å². The quantitative estimate of drug-likeness (QED) is 0.459. The van der Waals surface area contributed by atoms with Crippen molar-refractivity contribution in [3.05, 3.63) is 58.2 Å². The van der Waals surface area contributed by atoms with E-state index in [-0.39, 0.29) is 6.54 Å². The molecule has 0 aliphatic rings. The monoisotopic (exact) mass is 303 g/mol. The van der Waals surface area contributed by atoms with Crippen molar-refractivity contribution in [1.29, 1.82) is 0 Å². The normalized spacial score (nSPS) is 13.2. The van der Waals surface area contributed by atoms with Crippen LogP contribution in [-0.2, 0) is 6.54 Å². The third-order valence-corrected chi connectivity index (χ3v) is 3.23. The van der Waals surface area contributed by atoms with Crippen LogP contribution in [0.1, 0.15) is 17.2 Å². The number of rotatable bonds is 7. The Morgan fingerprint density at radius 3 is 2.91 bits per heavy atom. The number of aromatic nitrogens is 2. The Hall–Kier alpha value is -2.54. The maximum Gasteiger partial charge on any atom is 0.123 e. The predicted octanol–water partition coefficient (Wildman–Crippen LogP) is 1.64. The topological polar surface area (TPSA) is 116 Å². The molecule has 2 rings (SSSR count). The fourth-order valence-corrected chi connectivity index (χ4v) is 2.12. The highest BCUT2D eigenvalue weighted by molar-refractivity contribution is 5.38. The van der Waals surface area contributed by atoms with Crippen molar-refractivity contribution in [3.8, 4) is 5.75 Å². The molecule has 0 saturated heterocycles. The molecular formula is C14H17N5O3. The molecule has 2 N–H and O–H groups in total. The lowest BCUT2D eigenvalue weighted by molar-refractivity contribution is 0.0243. The number of hydrogen-bond donors (Lipinski definition) is 2. The van der Waals surface area contributed by atoms with Crippen LogP contribution >= 0.6 is 0 Å². The van der Waals surface area contributed by atoms with Gasteiger partial charge in [-0.05, 0) is 29.3 Å². The van der Waals surface area contributed by atoms with E-state index in [1.54, 1.807) is 36.2 Å². The minimum absolute atomic E-state index is 0.196. The number of benzene rings is 1. The fourth-order valence-electron chi connectivity index (χ4n) is 2.12. The highest BCUT2D eigenvalue weighted by atomic mass is 16.5. The lowest BCUT2D eigenvalue weighted by Gasteiger charge is -2.18. The van der Waals surface area contributed by atoms with Crippen LogP contribution in [0.3, 0.4) is 0 Å². The van der Waals surface area contributed by atoms with Crippen LogP contribution in [-0.4, -0.2) is 39.8 Å². The molecule has 0 fully saturated rings. The Balaban J connectivity index is 2.24. The summed E-state index contributed by atoms with van der Waals surface area (Å²) in [5.41, 5.74) is 9.60. The molecule has 1 aromatic heterocycles. The molecule has 0 radical (unpaired) electrons. The van der Waals surface area contributed by atoms with Gasteiger partial charge in [0, 0.05) is 22.9 Å². The smallest absolute Gasteiger partial charge is 0.123 e. The fraction of sp³-hybridized carbons (Fsp3) is 0.357. The van der Waals surface area contributed by atoms with Crippen LogP contribution in [0.15, 0.2) is 41.8 Å². The van der Waals surface area contributed by atoms with Crippen molar-refractivity contribution in [2.24, 2.45) is 5.11 Å². The molecule has 0 amide bonds. The maximum absolute atomic E-state index is 10.1. The predicted molar refractivity (Wildman–Crippen MR) is 79.3 cm³/mol. The van der Waals surface area contributed by atoms with Gasteiger partial charge in [-0.1, -0.05) is 11.2 Å². The largest absolute Gasteiger partial charge is 0.496 e. The standard InChI is InChI=1S/C14H17N5O3/c1-22-13-4-3-10(14(21)12(20)8-16-18-15)7-11(13)9-19-6-2-5-17-19/h2-7,12,14,20-21H,8-9H2,1H3. The Morgan fingerprint density at radius 1 is 1.45 bits per heavy atom. The Labute approximate surface area is 127 Å². The van der Waals surface area contributed by atoms with Crippen LogP contribution in [0.2, 0.25) is 0 Å². The Bertz CT molecular complexity index is 653. The molecule has 2 atom stereocenters. The van der Waals surface area contributed by atoms with Crippen molar-refractivity contribution in [2.45, 2.75) is 18.8 Å². The summed E-state index contributed by atoms with van der Waals surface area (Å²) in [7, 11) is 1.56. The molecule has 0 aliphatic heterocycles. The molecule has 0 spiro atoms. The molecule has 2 aromatic rings. The van der Waals surface area contributed by atoms with E-state index in [0.717, 1.165) is 5.56 Å². The lowest BCUT2D eigenvalue weighted by atomic mass is 10.0. The van der Waals surface area contributed by atoms with Gasteiger partial charge >= 0.3 is 0 Å². The molecule has 22 heavy (non-hydrogen) atoms. The van der Waals surface area contributed by atoms with E-state index in [4.69, 9.17) is 10.3 Å². The number of methoxy groups -OCH3 is 1. The first-order valence-corrected chi connectivity index (χ1v) is 6.67. The number of ether oxygens (including phenoxy) is 1. The Kier molecular flexibility index (Phi) is 5.37. The first-order chi connectivity index (χ1) is 10.7. The van der Waals surface area contributed by atoms with E-state index in [1.165, 1.54) is 0 Å². The molecule has 1 aromatic carbocycles. The molecule has 8 nitrogen and oxygen atoms in total. The highest BCUT2D eigenvalue weighted by Gasteiger charge is 2.19. The number of aliphatic hydroxyl groups excluding tert-OH is 2. The summed E-state index contributed by atoms with van der Waals surface area (Å²) in [4.78, 5) is 2.57. The zero-order valence-electron chi connectivity index (χ0n) is 12.1. The van der Waals surface area contributed by atoms with E-state index in [0.29, 0.717) is 17.9 Å². The van der Waals surface area contributed by atoms with Crippen molar-refractivity contribution < 1.29 is 14.9 Å². The van der Waals surface area contributed by atoms with Crippen LogP contribution in [0, 0.1) is 0 Å². The van der Waals surface area contributed by atoms with Gasteiger partial charge in [0.15, 0.2) is 0 Å². The van der Waals surface area contributed by atoms with E-state index >= 15 is 0 Å². The number of hydrogen-bond acceptors (Lipinski definition) is 5. The van der Waals surface area contributed by atoms with Crippen LogP contribution in [0.25, 0.3) is 10.4 Å². The molecule has 0 bridgehead atoms. The molecule has 8 heteroatoms. The molecule has 0 aliphatic carbocycles. The van der Waals surface area contributed by atoms with Gasteiger partial charge in [-0.2, -0.15) is 5.10 Å². The average Bonchev–Trinajstić information content (AvgIpc) is 3.04. The van der Waals surface area contributed by atoms with Crippen LogP contribution in [0.5, 0.6) is 5.75 Å². The molecule has 2 unspecified atom stereocenters. The van der Waals surface area contributed by atoms with Gasteiger partial charge in [0.25, 0.3) is 0 Å². The van der Waals surface area contributed by atoms with E-state index < -0.39 is 12.2 Å². The third-order valence-electron chi connectivity index (χ3n) is 3.23. The number of nitrogens with zero attached hydrogens (tertiary/aromatic N) is 5. The molecule has 116 valence electrons. The van der Waals surface area contributed by atoms with Gasteiger partial charge in [0.05, 0.1) is 26.3 Å². The van der Waals surface area contributed by atoms with Gasteiger partial charge < -0.3 is 14.9 Å². The zero-order valence-corrected chi connectivity index (χ0v) is 12.1. The molecule has 0 saturated carbocycles. The van der Waals surface area contributed by atoms with Gasteiger partial charge in [-0.3, -0.25) is 4.68 Å². The number of aliphatic hydroxyl groups is 2. The summed E-state index contributed by atoms with van der Waals surface area (Å²) >= 11 is 0. The minimum atomic E-state index is -1.16. The van der Waals surface area contributed by atoms with Crippen molar-refractivity contribution >= 4 is 0 Å². The van der Waals surface area contributed by atoms with E-state index in [9.17, 15) is 10.2 Å². The van der Waals surface area contributed by atoms with E-state index in [1.807, 2.05) is 12.3 Å². The summed E-state index contributed by atoms with van der Waals surface area (Å²) in [6.45, 7) is 0.279. The van der Waals surface area contributed by atoms with Crippen molar-refractivity contribution in [2.75, 3.05) is 13.7 Å². The second-order valence-corrected chi connectivity index (χ2v) is 4.70. The maximum atomic E-state index is 10.1. The van der Waals surface area contributed by atoms with Gasteiger partial charge in [0.1, 0.15) is 11.9 Å². The van der Waals surface area contributed by atoms with Gasteiger partial charge in [-0.15, -0.1) is 0 Å². The van der Waals surface area contributed by atoms with Crippen LogP contribution < -0.4 is 4.74 Å². The second kappa shape index (κ2) is 7.46. The third kappa shape index (κ3) is 3.76. The van der Waals surface area contributed by atoms with Gasteiger partial charge in [0.2, 0.25) is 0 Å². The zero-order chi connectivity index (χ0) is 15.9. The highest BCUT2D eigenvalue weighted by Crippen LogP contribution is 2.26. The van der Waals surface area contributed by atoms with Crippen molar-refractivity contribution in [1.82, 2.24) is 9.78 Å². The summed E-state index contributed by atoms with van der Waals surface area (Å²) in [5.74, 6) is 0.663. The summed E-state index contributed by atoms with van der Waals surface area (Å²) < 4.78 is 7.03. The SMILES string of the molecule is COc1ccc(C(O)C(O)CN=[N+]=[N-])cc1Cn1cccn1. The van der Waals surface area contributed by atoms with E-state index in [2.05, 4.69) is 15.1 Å². The average molecular weight is 303 g/mol. The minimum Gasteiger partial charge on any atom is -0.496 e. The number of azide groups is 1. The first kappa shape index (κ1) is 15.8. The molecular weight excluding hydrogens is 286 g/mol. The summed E-state index contributed by atoms with van der Waals surface area (Å²) in [5, 5.41) is 27.3. The first-order valence-electron chi connectivity index (χ1n) is 6.67. The summed E-state index contributed by atoms with van der Waals surface area (Å²) in [6.07, 6.45) is 1.18. The lowest BCUT2D eigenvalue weighted by Crippen LogP contribution is -2.21. The Morgan fingerprint density at radius 2 is 2.27 bits per heavy atom. The van der Waals surface area contributed by atoms with Crippen molar-refractivity contribution in [3.63, 3.8) is 0 Å².